The van der Waals surface area contributed by atoms with E-state index in [2.05, 4.69) is 0 Å². The molecule has 0 aliphatic carbocycles. The Morgan fingerprint density at radius 2 is 1.95 bits per heavy atom. The molecule has 0 saturated carbocycles. The molecule has 1 heterocycles. The Morgan fingerprint density at radius 3 is 2.53 bits per heavy atom. The van der Waals surface area contributed by atoms with Crippen LogP contribution in [0.4, 0.5) is 0 Å². The highest BCUT2D eigenvalue weighted by Gasteiger charge is 2.38. The fourth-order valence-corrected chi connectivity index (χ4v) is 1.93. The Labute approximate surface area is 112 Å². The minimum Gasteiger partial charge on any atom is -0.465 e. The topological polar surface area (TPSA) is 70.8 Å². The molecule has 1 aliphatic heterocycles. The number of benzene rings is 1. The van der Waals surface area contributed by atoms with E-state index in [0.717, 1.165) is 5.56 Å². The van der Waals surface area contributed by atoms with Crippen LogP contribution in [0.15, 0.2) is 24.3 Å². The monoisotopic (exact) mass is 265 g/mol. The summed E-state index contributed by atoms with van der Waals surface area (Å²) in [4.78, 5) is 11.5. The lowest BCUT2D eigenvalue weighted by molar-refractivity contribution is -0.268. The van der Waals surface area contributed by atoms with E-state index in [0.29, 0.717) is 18.8 Å². The molecule has 5 heteroatoms. The lowest BCUT2D eigenvalue weighted by atomic mass is 9.90. The Bertz CT molecular complexity index is 474. The largest absolute Gasteiger partial charge is 0.465 e. The maximum Gasteiger partial charge on any atom is 0.337 e. The summed E-state index contributed by atoms with van der Waals surface area (Å²) < 4.78 is 15.9. The third-order valence-corrected chi connectivity index (χ3v) is 3.21. The number of carbonyl (C=O) groups excluding carboxylic acids is 1. The number of esters is 1. The predicted molar refractivity (Wildman–Crippen MR) is 69.6 cm³/mol. The summed E-state index contributed by atoms with van der Waals surface area (Å²) >= 11 is 0. The normalized spacial score (nSPS) is 20.8. The van der Waals surface area contributed by atoms with Crippen LogP contribution in [-0.4, -0.2) is 32.1 Å². The summed E-state index contributed by atoms with van der Waals surface area (Å²) in [6.07, 6.45) is 0. The second-order valence-electron chi connectivity index (χ2n) is 5.21. The molecule has 0 amide bonds. The van der Waals surface area contributed by atoms with Crippen molar-refractivity contribution in [1.82, 2.24) is 0 Å². The van der Waals surface area contributed by atoms with Crippen molar-refractivity contribution in [2.45, 2.75) is 25.2 Å². The van der Waals surface area contributed by atoms with Gasteiger partial charge in [-0.3, -0.25) is 0 Å². The maximum atomic E-state index is 11.5. The Balaban J connectivity index is 2.24. The van der Waals surface area contributed by atoms with Gasteiger partial charge < -0.3 is 19.9 Å². The summed E-state index contributed by atoms with van der Waals surface area (Å²) in [6, 6.07) is 7.04. The fourth-order valence-electron chi connectivity index (χ4n) is 1.93. The van der Waals surface area contributed by atoms with Gasteiger partial charge >= 0.3 is 5.97 Å². The number of hydrogen-bond donors (Lipinski definition) is 1. The lowest BCUT2D eigenvalue weighted by Gasteiger charge is -2.41. The van der Waals surface area contributed by atoms with E-state index in [9.17, 15) is 4.79 Å². The molecule has 1 fully saturated rings. The first-order chi connectivity index (χ1) is 8.86. The lowest BCUT2D eigenvalue weighted by Crippen LogP contribution is -2.54. The quantitative estimate of drug-likeness (QED) is 0.819. The van der Waals surface area contributed by atoms with Crippen molar-refractivity contribution in [2.75, 3.05) is 20.3 Å². The van der Waals surface area contributed by atoms with Crippen LogP contribution in [0.3, 0.4) is 0 Å². The van der Waals surface area contributed by atoms with E-state index in [-0.39, 0.29) is 5.97 Å². The van der Waals surface area contributed by atoms with Gasteiger partial charge in [0.15, 0.2) is 5.79 Å². The van der Waals surface area contributed by atoms with Crippen LogP contribution in [0.1, 0.15) is 29.8 Å². The zero-order chi connectivity index (χ0) is 14.1. The van der Waals surface area contributed by atoms with Crippen LogP contribution < -0.4 is 5.73 Å². The van der Waals surface area contributed by atoms with E-state index in [4.69, 9.17) is 19.9 Å². The first-order valence-electron chi connectivity index (χ1n) is 6.12. The van der Waals surface area contributed by atoms with Crippen molar-refractivity contribution in [2.24, 2.45) is 5.73 Å². The molecule has 0 aromatic heterocycles. The van der Waals surface area contributed by atoms with Gasteiger partial charge in [0.2, 0.25) is 0 Å². The highest BCUT2D eigenvalue weighted by Crippen LogP contribution is 2.29. The van der Waals surface area contributed by atoms with Gasteiger partial charge in [-0.25, -0.2) is 4.79 Å². The first kappa shape index (κ1) is 14.0. The molecule has 0 unspecified atom stereocenters. The standard InChI is InChI=1S/C14H19NO4/c1-13(2)18-8-14(15,9-19-13)11-6-4-5-10(7-11)12(16)17-3/h4-7H,8-9,15H2,1-3H3. The second kappa shape index (κ2) is 4.92. The van der Waals surface area contributed by atoms with Gasteiger partial charge in [0.25, 0.3) is 0 Å². The average molecular weight is 265 g/mol. The van der Waals surface area contributed by atoms with Crippen LogP contribution in [0.25, 0.3) is 0 Å². The smallest absolute Gasteiger partial charge is 0.337 e. The summed E-state index contributed by atoms with van der Waals surface area (Å²) in [5.74, 6) is -1.01. The van der Waals surface area contributed by atoms with Crippen LogP contribution in [0.5, 0.6) is 0 Å². The highest BCUT2D eigenvalue weighted by molar-refractivity contribution is 5.89. The van der Waals surface area contributed by atoms with Gasteiger partial charge in [0.1, 0.15) is 0 Å². The van der Waals surface area contributed by atoms with E-state index in [1.807, 2.05) is 19.9 Å². The number of nitrogens with two attached hydrogens (primary N) is 1. The van der Waals surface area contributed by atoms with Gasteiger partial charge in [-0.1, -0.05) is 12.1 Å². The second-order valence-corrected chi connectivity index (χ2v) is 5.21. The summed E-state index contributed by atoms with van der Waals surface area (Å²) in [5, 5.41) is 0. The van der Waals surface area contributed by atoms with Gasteiger partial charge in [-0.2, -0.15) is 0 Å². The third-order valence-electron chi connectivity index (χ3n) is 3.21. The van der Waals surface area contributed by atoms with Gasteiger partial charge in [0.05, 0.1) is 31.4 Å². The molecule has 2 rings (SSSR count). The minimum atomic E-state index is -0.750. The minimum absolute atomic E-state index is 0.338. The molecule has 2 N–H and O–H groups in total. The molecule has 0 atom stereocenters. The fraction of sp³-hybridized carbons (Fsp3) is 0.500. The van der Waals surface area contributed by atoms with E-state index >= 15 is 0 Å². The molecule has 0 bridgehead atoms. The zero-order valence-electron chi connectivity index (χ0n) is 11.4. The molecule has 1 aliphatic rings. The van der Waals surface area contributed by atoms with Crippen molar-refractivity contribution in [3.8, 4) is 0 Å². The Hall–Kier alpha value is -1.43. The van der Waals surface area contributed by atoms with Gasteiger partial charge in [0, 0.05) is 0 Å². The molecule has 1 aromatic rings. The average Bonchev–Trinajstić information content (AvgIpc) is 2.42. The number of methoxy groups -OCH3 is 1. The van der Waals surface area contributed by atoms with Crippen LogP contribution in [0, 0.1) is 0 Å². The van der Waals surface area contributed by atoms with Crippen molar-refractivity contribution in [3.05, 3.63) is 35.4 Å². The molecular weight excluding hydrogens is 246 g/mol. The summed E-state index contributed by atoms with van der Waals surface area (Å²) in [7, 11) is 1.35. The number of hydrogen-bond acceptors (Lipinski definition) is 5. The molecular formula is C14H19NO4. The molecule has 0 radical (unpaired) electrons. The molecule has 1 saturated heterocycles. The van der Waals surface area contributed by atoms with Crippen molar-refractivity contribution in [3.63, 3.8) is 0 Å². The van der Waals surface area contributed by atoms with E-state index in [1.54, 1.807) is 18.2 Å². The Morgan fingerprint density at radius 1 is 1.32 bits per heavy atom. The number of carbonyl (C=O) groups is 1. The van der Waals surface area contributed by atoms with Crippen LogP contribution in [0.2, 0.25) is 0 Å². The number of rotatable bonds is 2. The van der Waals surface area contributed by atoms with Crippen LogP contribution in [-0.2, 0) is 19.7 Å². The van der Waals surface area contributed by atoms with Crippen molar-refractivity contribution in [1.29, 1.82) is 0 Å². The molecule has 104 valence electrons. The van der Waals surface area contributed by atoms with Crippen molar-refractivity contribution < 1.29 is 19.0 Å². The summed E-state index contributed by atoms with van der Waals surface area (Å²) in [6.45, 7) is 4.37. The zero-order valence-corrected chi connectivity index (χ0v) is 11.4. The SMILES string of the molecule is COC(=O)c1cccc(C2(N)COC(C)(C)OC2)c1. The van der Waals surface area contributed by atoms with Gasteiger partial charge in [-0.15, -0.1) is 0 Å². The van der Waals surface area contributed by atoms with Gasteiger partial charge in [-0.05, 0) is 31.5 Å². The van der Waals surface area contributed by atoms with E-state index < -0.39 is 11.3 Å². The third kappa shape index (κ3) is 2.94. The van der Waals surface area contributed by atoms with Crippen molar-refractivity contribution >= 4 is 5.97 Å². The van der Waals surface area contributed by atoms with Crippen LogP contribution >= 0.6 is 0 Å². The number of ether oxygens (including phenoxy) is 3. The predicted octanol–water partition coefficient (Wildman–Crippen LogP) is 1.41. The molecule has 1 aromatic carbocycles. The highest BCUT2D eigenvalue weighted by atomic mass is 16.7. The molecule has 19 heavy (non-hydrogen) atoms. The maximum absolute atomic E-state index is 11.5. The first-order valence-corrected chi connectivity index (χ1v) is 6.12. The molecule has 0 spiro atoms. The Kier molecular flexibility index (Phi) is 3.62. The summed E-state index contributed by atoms with van der Waals surface area (Å²) in [5.41, 5.74) is 6.82. The molecule has 5 nitrogen and oxygen atoms in total. The van der Waals surface area contributed by atoms with E-state index in [1.165, 1.54) is 7.11 Å².